The van der Waals surface area contributed by atoms with Crippen molar-refractivity contribution in [1.29, 1.82) is 0 Å². The van der Waals surface area contributed by atoms with E-state index < -0.39 is 5.60 Å². The molecule has 0 bridgehead atoms. The molecular weight excluding hydrogens is 358 g/mol. The number of rotatable bonds is 4. The number of nitrogens with one attached hydrogen (secondary N) is 2. The second-order valence-corrected chi connectivity index (χ2v) is 8.53. The zero-order valence-corrected chi connectivity index (χ0v) is 17.0. The van der Waals surface area contributed by atoms with Crippen LogP contribution in [-0.4, -0.2) is 28.6 Å². The lowest BCUT2D eigenvalue weighted by Crippen LogP contribution is -2.42. The van der Waals surface area contributed by atoms with Crippen molar-refractivity contribution in [3.8, 4) is 0 Å². The fourth-order valence-electron chi connectivity index (χ4n) is 3.71. The lowest BCUT2D eigenvalue weighted by molar-refractivity contribution is -0.121. The summed E-state index contributed by atoms with van der Waals surface area (Å²) in [5.41, 5.74) is 0.738. The van der Waals surface area contributed by atoms with Gasteiger partial charge in [-0.1, -0.05) is 0 Å². The Labute approximate surface area is 165 Å². The number of hydrogen-bond donors (Lipinski definition) is 2. The first-order chi connectivity index (χ1) is 13.2. The molecule has 7 heteroatoms. The Balaban J connectivity index is 1.50. The van der Waals surface area contributed by atoms with E-state index in [9.17, 15) is 9.59 Å². The quantitative estimate of drug-likeness (QED) is 0.806. The van der Waals surface area contributed by atoms with Gasteiger partial charge < -0.3 is 19.8 Å². The van der Waals surface area contributed by atoms with Crippen molar-refractivity contribution in [2.24, 2.45) is 11.8 Å². The molecule has 0 aromatic carbocycles. The van der Waals surface area contributed by atoms with Crippen molar-refractivity contribution in [2.45, 2.75) is 65.0 Å². The van der Waals surface area contributed by atoms with Crippen molar-refractivity contribution >= 4 is 28.8 Å². The zero-order valence-electron chi connectivity index (χ0n) is 17.0. The maximum absolute atomic E-state index is 12.7. The van der Waals surface area contributed by atoms with E-state index in [1.165, 1.54) is 0 Å². The highest BCUT2D eigenvalue weighted by molar-refractivity contribution is 6.00. The van der Waals surface area contributed by atoms with E-state index in [0.717, 1.165) is 36.8 Å². The first kappa shape index (κ1) is 20.2. The molecule has 2 amide bonds. The number of amides is 2. The van der Waals surface area contributed by atoms with Gasteiger partial charge in [0.2, 0.25) is 11.6 Å². The Morgan fingerprint density at radius 2 is 1.93 bits per heavy atom. The number of fused-ring (bicyclic) bond motifs is 1. The van der Waals surface area contributed by atoms with Gasteiger partial charge in [0.15, 0.2) is 0 Å². The summed E-state index contributed by atoms with van der Waals surface area (Å²) in [6.45, 7) is 7.55. The Hall–Kier alpha value is -2.57. The Morgan fingerprint density at radius 3 is 2.61 bits per heavy atom. The van der Waals surface area contributed by atoms with Gasteiger partial charge in [-0.25, -0.2) is 9.78 Å². The van der Waals surface area contributed by atoms with Crippen molar-refractivity contribution in [3.05, 3.63) is 24.6 Å². The molecule has 1 unspecified atom stereocenters. The first-order valence-electron chi connectivity index (χ1n) is 9.85. The number of nitrogens with zero attached hydrogens (tertiary/aromatic N) is 1. The minimum Gasteiger partial charge on any atom is -0.446 e. The molecule has 2 aromatic rings. The molecule has 28 heavy (non-hydrogen) atoms. The van der Waals surface area contributed by atoms with Gasteiger partial charge in [-0.3, -0.25) is 4.79 Å². The van der Waals surface area contributed by atoms with Crippen LogP contribution in [0.25, 0.3) is 11.1 Å². The fraction of sp³-hybridized carbons (Fsp3) is 0.571. The molecule has 0 spiro atoms. The van der Waals surface area contributed by atoms with E-state index in [-0.39, 0.29) is 24.0 Å². The maximum Gasteiger partial charge on any atom is 0.407 e. The minimum atomic E-state index is -0.507. The lowest BCUT2D eigenvalue weighted by Gasteiger charge is -2.32. The highest BCUT2D eigenvalue weighted by atomic mass is 16.6. The maximum atomic E-state index is 12.7. The molecule has 7 nitrogen and oxygen atoms in total. The van der Waals surface area contributed by atoms with Gasteiger partial charge >= 0.3 is 6.09 Å². The molecule has 1 atom stereocenters. The van der Waals surface area contributed by atoms with Crippen LogP contribution in [0.2, 0.25) is 0 Å². The van der Waals surface area contributed by atoms with E-state index in [0.29, 0.717) is 11.6 Å². The van der Waals surface area contributed by atoms with Gasteiger partial charge in [0.05, 0.1) is 17.3 Å². The lowest BCUT2D eigenvalue weighted by atomic mass is 9.78. The highest BCUT2D eigenvalue weighted by Crippen LogP contribution is 2.32. The van der Waals surface area contributed by atoms with Crippen molar-refractivity contribution in [2.75, 3.05) is 5.32 Å². The summed E-state index contributed by atoms with van der Waals surface area (Å²) in [5.74, 6) is 0.345. The third-order valence-electron chi connectivity index (χ3n) is 5.22. The van der Waals surface area contributed by atoms with Crippen LogP contribution in [0.1, 0.15) is 53.4 Å². The molecule has 2 heterocycles. The number of alkyl carbamates (subject to hydrolysis) is 1. The molecular formula is C21H29N3O4. The van der Waals surface area contributed by atoms with E-state index in [1.54, 1.807) is 24.6 Å². The number of ether oxygens (including phenoxy) is 1. The second-order valence-electron chi connectivity index (χ2n) is 8.53. The predicted molar refractivity (Wildman–Crippen MR) is 107 cm³/mol. The smallest absolute Gasteiger partial charge is 0.407 e. The molecule has 0 saturated heterocycles. The number of hydrogen-bond acceptors (Lipinski definition) is 5. The SMILES string of the molecule is CC(NC(=O)OC(C)(C)C)[C@H]1CC[C@H](C(=O)Nc2ccnc3occc23)CC1. The molecule has 1 aliphatic carbocycles. The van der Waals surface area contributed by atoms with Crippen LogP contribution in [0.5, 0.6) is 0 Å². The highest BCUT2D eigenvalue weighted by Gasteiger charge is 2.30. The number of carbonyl (C=O) groups excluding carboxylic acids is 2. The summed E-state index contributed by atoms with van der Waals surface area (Å²) in [4.78, 5) is 28.8. The first-order valence-corrected chi connectivity index (χ1v) is 9.85. The van der Waals surface area contributed by atoms with Gasteiger partial charge in [-0.15, -0.1) is 0 Å². The van der Waals surface area contributed by atoms with Crippen LogP contribution in [0.15, 0.2) is 29.0 Å². The molecule has 1 saturated carbocycles. The monoisotopic (exact) mass is 387 g/mol. The standard InChI is InChI=1S/C21H29N3O4/c1-13(23-20(26)28-21(2,3)4)14-5-7-15(8-6-14)18(25)24-17-9-11-22-19-16(17)10-12-27-19/h9-15H,5-8H2,1-4H3,(H,23,26)(H,22,24,25)/t13?,14-,15-. The molecule has 2 N–H and O–H groups in total. The Kier molecular flexibility index (Phi) is 5.91. The van der Waals surface area contributed by atoms with E-state index in [1.807, 2.05) is 27.7 Å². The summed E-state index contributed by atoms with van der Waals surface area (Å²) in [7, 11) is 0. The summed E-state index contributed by atoms with van der Waals surface area (Å²) in [6.07, 6.45) is 6.20. The molecule has 2 aromatic heterocycles. The predicted octanol–water partition coefficient (Wildman–Crippen LogP) is 4.49. The van der Waals surface area contributed by atoms with Crippen molar-refractivity contribution in [3.63, 3.8) is 0 Å². The van der Waals surface area contributed by atoms with Crippen LogP contribution < -0.4 is 10.6 Å². The fourth-order valence-corrected chi connectivity index (χ4v) is 3.71. The van der Waals surface area contributed by atoms with Gasteiger partial charge in [0, 0.05) is 18.2 Å². The van der Waals surface area contributed by atoms with Crippen LogP contribution in [0.3, 0.4) is 0 Å². The zero-order chi connectivity index (χ0) is 20.3. The van der Waals surface area contributed by atoms with E-state index in [2.05, 4.69) is 15.6 Å². The second kappa shape index (κ2) is 8.20. The topological polar surface area (TPSA) is 93.5 Å². The number of anilines is 1. The number of aromatic nitrogens is 1. The van der Waals surface area contributed by atoms with Gasteiger partial charge in [0.25, 0.3) is 0 Å². The normalized spacial score (nSPS) is 21.1. The summed E-state index contributed by atoms with van der Waals surface area (Å²) in [6, 6.07) is 3.61. The molecule has 0 aliphatic heterocycles. The average Bonchev–Trinajstić information content (AvgIpc) is 3.10. The molecule has 0 radical (unpaired) electrons. The van der Waals surface area contributed by atoms with Crippen LogP contribution in [0, 0.1) is 11.8 Å². The minimum absolute atomic E-state index is 0.0182. The van der Waals surface area contributed by atoms with Crippen LogP contribution >= 0.6 is 0 Å². The molecule has 1 fully saturated rings. The van der Waals surface area contributed by atoms with Gasteiger partial charge in [-0.05, 0) is 71.4 Å². The number of furan rings is 1. The Morgan fingerprint density at radius 1 is 1.21 bits per heavy atom. The van der Waals surface area contributed by atoms with Crippen molar-refractivity contribution in [1.82, 2.24) is 10.3 Å². The van der Waals surface area contributed by atoms with E-state index >= 15 is 0 Å². The molecule has 152 valence electrons. The van der Waals surface area contributed by atoms with Crippen LogP contribution in [0.4, 0.5) is 10.5 Å². The summed E-state index contributed by atoms with van der Waals surface area (Å²) in [5, 5.41) is 6.75. The van der Waals surface area contributed by atoms with Gasteiger partial charge in [-0.2, -0.15) is 0 Å². The van der Waals surface area contributed by atoms with Gasteiger partial charge in [0.1, 0.15) is 5.60 Å². The third-order valence-corrected chi connectivity index (χ3v) is 5.22. The number of carbonyl (C=O) groups is 2. The van der Waals surface area contributed by atoms with Crippen LogP contribution in [-0.2, 0) is 9.53 Å². The van der Waals surface area contributed by atoms with E-state index in [4.69, 9.17) is 9.15 Å². The molecule has 3 rings (SSSR count). The average molecular weight is 387 g/mol. The Bertz CT molecular complexity index is 832. The summed E-state index contributed by atoms with van der Waals surface area (Å²) >= 11 is 0. The molecule has 1 aliphatic rings. The third kappa shape index (κ3) is 5.03. The van der Waals surface area contributed by atoms with Crippen molar-refractivity contribution < 1.29 is 18.7 Å². The summed E-state index contributed by atoms with van der Waals surface area (Å²) < 4.78 is 10.6. The number of pyridine rings is 1. The largest absolute Gasteiger partial charge is 0.446 e.